The van der Waals surface area contributed by atoms with Gasteiger partial charge in [-0.1, -0.05) is 18.2 Å². The average Bonchev–Trinajstić information content (AvgIpc) is 2.48. The van der Waals surface area contributed by atoms with Gasteiger partial charge in [0.2, 0.25) is 0 Å². The van der Waals surface area contributed by atoms with E-state index in [4.69, 9.17) is 11.1 Å². The standard InChI is InChI=1S/C14H13N5O2/c1-8-5-3-4-6-11(8)19-14(21)10(7-15)9(2)12(18-19)13(20)17-16/h3-6H,16H2,1-2H3,(H,17,20). The number of para-hydroxylation sites is 1. The number of aryl methyl sites for hydroxylation is 1. The Morgan fingerprint density at radius 1 is 1.38 bits per heavy atom. The highest BCUT2D eigenvalue weighted by Gasteiger charge is 2.20. The molecule has 0 saturated heterocycles. The molecule has 2 aromatic rings. The lowest BCUT2D eigenvalue weighted by molar-refractivity contribution is 0.0946. The van der Waals surface area contributed by atoms with Crippen LogP contribution in [0.1, 0.15) is 27.2 Å². The summed E-state index contributed by atoms with van der Waals surface area (Å²) < 4.78 is 1.05. The van der Waals surface area contributed by atoms with Crippen LogP contribution >= 0.6 is 0 Å². The first-order chi connectivity index (χ1) is 10.0. The van der Waals surface area contributed by atoms with Gasteiger partial charge in [0.05, 0.1) is 5.69 Å². The van der Waals surface area contributed by atoms with Gasteiger partial charge in [0, 0.05) is 5.56 Å². The Morgan fingerprint density at radius 3 is 2.62 bits per heavy atom. The number of nitrogens with two attached hydrogens (primary N) is 1. The summed E-state index contributed by atoms with van der Waals surface area (Å²) in [6.45, 7) is 3.29. The maximum Gasteiger partial charge on any atom is 0.289 e. The van der Waals surface area contributed by atoms with Crippen molar-refractivity contribution in [3.63, 3.8) is 0 Å². The van der Waals surface area contributed by atoms with E-state index in [1.807, 2.05) is 17.6 Å². The molecule has 0 spiro atoms. The summed E-state index contributed by atoms with van der Waals surface area (Å²) >= 11 is 0. The highest BCUT2D eigenvalue weighted by Crippen LogP contribution is 2.13. The Balaban J connectivity index is 2.86. The van der Waals surface area contributed by atoms with Crippen molar-refractivity contribution >= 4 is 5.91 Å². The summed E-state index contributed by atoms with van der Waals surface area (Å²) in [5.41, 5.74) is 2.70. The second-order valence-electron chi connectivity index (χ2n) is 4.44. The zero-order valence-electron chi connectivity index (χ0n) is 11.5. The Kier molecular flexibility index (Phi) is 3.82. The third kappa shape index (κ3) is 2.40. The van der Waals surface area contributed by atoms with Crippen LogP contribution in [0.15, 0.2) is 29.1 Å². The van der Waals surface area contributed by atoms with Crippen LogP contribution in [0.2, 0.25) is 0 Å². The topological polar surface area (TPSA) is 114 Å². The largest absolute Gasteiger partial charge is 0.289 e. The van der Waals surface area contributed by atoms with Gasteiger partial charge >= 0.3 is 0 Å². The van der Waals surface area contributed by atoms with Gasteiger partial charge in [-0.2, -0.15) is 15.0 Å². The normalized spacial score (nSPS) is 10.0. The summed E-state index contributed by atoms with van der Waals surface area (Å²) in [5.74, 6) is 4.45. The first-order valence-electron chi connectivity index (χ1n) is 6.12. The monoisotopic (exact) mass is 283 g/mol. The number of nitrogen functional groups attached to an aromatic ring is 1. The van der Waals surface area contributed by atoms with E-state index in [2.05, 4.69) is 5.10 Å². The fourth-order valence-electron chi connectivity index (χ4n) is 1.99. The third-order valence-electron chi connectivity index (χ3n) is 3.14. The molecule has 7 nitrogen and oxygen atoms in total. The van der Waals surface area contributed by atoms with Crippen LogP contribution in [-0.4, -0.2) is 15.7 Å². The second kappa shape index (κ2) is 5.56. The maximum absolute atomic E-state index is 12.4. The molecule has 1 aromatic heterocycles. The van der Waals surface area contributed by atoms with Gasteiger partial charge in [-0.05, 0) is 25.5 Å². The molecule has 1 amide bonds. The molecule has 7 heteroatoms. The fraction of sp³-hybridized carbons (Fsp3) is 0.143. The SMILES string of the molecule is Cc1ccccc1-n1nc(C(=O)NN)c(C)c(C#N)c1=O. The van der Waals surface area contributed by atoms with Gasteiger partial charge in [-0.3, -0.25) is 15.0 Å². The van der Waals surface area contributed by atoms with E-state index in [9.17, 15) is 9.59 Å². The van der Waals surface area contributed by atoms with E-state index >= 15 is 0 Å². The molecule has 2 rings (SSSR count). The quantitative estimate of drug-likeness (QED) is 0.468. The minimum absolute atomic E-state index is 0.0584. The zero-order valence-corrected chi connectivity index (χ0v) is 11.5. The van der Waals surface area contributed by atoms with Crippen molar-refractivity contribution in [1.82, 2.24) is 15.2 Å². The summed E-state index contributed by atoms with van der Waals surface area (Å²) in [6.07, 6.45) is 0. The molecule has 106 valence electrons. The summed E-state index contributed by atoms with van der Waals surface area (Å²) in [7, 11) is 0. The number of nitrogens with zero attached hydrogens (tertiary/aromatic N) is 3. The number of amides is 1. The van der Waals surface area contributed by atoms with Crippen molar-refractivity contribution < 1.29 is 4.79 Å². The predicted molar refractivity (Wildman–Crippen MR) is 75.7 cm³/mol. The number of hydrogen-bond donors (Lipinski definition) is 2. The molecule has 0 fully saturated rings. The Hall–Kier alpha value is -2.98. The first kappa shape index (κ1) is 14.4. The van der Waals surface area contributed by atoms with Crippen LogP contribution in [-0.2, 0) is 0 Å². The lowest BCUT2D eigenvalue weighted by Crippen LogP contribution is -2.35. The van der Waals surface area contributed by atoms with E-state index in [-0.39, 0.29) is 16.8 Å². The highest BCUT2D eigenvalue weighted by atomic mass is 16.2. The Bertz CT molecular complexity index is 817. The van der Waals surface area contributed by atoms with E-state index in [0.717, 1.165) is 10.2 Å². The van der Waals surface area contributed by atoms with Crippen molar-refractivity contribution in [2.45, 2.75) is 13.8 Å². The highest BCUT2D eigenvalue weighted by molar-refractivity contribution is 5.93. The van der Waals surface area contributed by atoms with E-state index in [0.29, 0.717) is 5.69 Å². The van der Waals surface area contributed by atoms with Gasteiger partial charge in [-0.25, -0.2) is 5.84 Å². The zero-order chi connectivity index (χ0) is 15.6. The van der Waals surface area contributed by atoms with E-state index in [1.165, 1.54) is 6.92 Å². The molecule has 1 heterocycles. The Morgan fingerprint density at radius 2 is 2.05 bits per heavy atom. The molecule has 0 saturated carbocycles. The average molecular weight is 283 g/mol. The Labute approximate surface area is 120 Å². The number of rotatable bonds is 2. The second-order valence-corrected chi connectivity index (χ2v) is 4.44. The van der Waals surface area contributed by atoms with Gasteiger partial charge < -0.3 is 0 Å². The molecule has 0 aliphatic carbocycles. The van der Waals surface area contributed by atoms with Crippen LogP contribution in [0.5, 0.6) is 0 Å². The summed E-state index contributed by atoms with van der Waals surface area (Å²) in [4.78, 5) is 24.1. The summed E-state index contributed by atoms with van der Waals surface area (Å²) in [6, 6.07) is 8.86. The van der Waals surface area contributed by atoms with Crippen LogP contribution in [0, 0.1) is 25.2 Å². The number of aromatic nitrogens is 2. The van der Waals surface area contributed by atoms with Crippen molar-refractivity contribution in [3.8, 4) is 11.8 Å². The van der Waals surface area contributed by atoms with Gasteiger partial charge in [0.15, 0.2) is 5.69 Å². The summed E-state index contributed by atoms with van der Waals surface area (Å²) in [5, 5.41) is 13.2. The number of nitrogens with one attached hydrogen (secondary N) is 1. The molecular weight excluding hydrogens is 270 g/mol. The molecule has 0 bridgehead atoms. The molecule has 0 radical (unpaired) electrons. The third-order valence-corrected chi connectivity index (χ3v) is 3.14. The number of hydrazine groups is 1. The van der Waals surface area contributed by atoms with Crippen LogP contribution in [0.3, 0.4) is 0 Å². The van der Waals surface area contributed by atoms with E-state index in [1.54, 1.807) is 25.1 Å². The number of hydrogen-bond acceptors (Lipinski definition) is 5. The lowest BCUT2D eigenvalue weighted by Gasteiger charge is -2.12. The van der Waals surface area contributed by atoms with Gasteiger partial charge in [-0.15, -0.1) is 0 Å². The lowest BCUT2D eigenvalue weighted by atomic mass is 10.1. The molecule has 0 unspecified atom stereocenters. The van der Waals surface area contributed by atoms with Gasteiger partial charge in [0.25, 0.3) is 11.5 Å². The smallest absolute Gasteiger partial charge is 0.289 e. The van der Waals surface area contributed by atoms with Crippen LogP contribution in [0.4, 0.5) is 0 Å². The predicted octanol–water partition coefficient (Wildman–Crippen LogP) is 0.325. The van der Waals surface area contributed by atoms with Crippen LogP contribution < -0.4 is 16.8 Å². The van der Waals surface area contributed by atoms with Gasteiger partial charge in [0.1, 0.15) is 11.6 Å². The molecule has 0 aliphatic rings. The fourth-order valence-corrected chi connectivity index (χ4v) is 1.99. The van der Waals surface area contributed by atoms with Crippen molar-refractivity contribution in [1.29, 1.82) is 5.26 Å². The van der Waals surface area contributed by atoms with Crippen LogP contribution in [0.25, 0.3) is 5.69 Å². The minimum Gasteiger partial charge on any atom is -0.289 e. The van der Waals surface area contributed by atoms with Crippen molar-refractivity contribution in [3.05, 3.63) is 57.0 Å². The molecule has 3 N–H and O–H groups in total. The number of nitriles is 1. The molecular formula is C14H13N5O2. The molecule has 0 atom stereocenters. The molecule has 1 aromatic carbocycles. The van der Waals surface area contributed by atoms with E-state index < -0.39 is 11.5 Å². The number of benzene rings is 1. The van der Waals surface area contributed by atoms with Crippen molar-refractivity contribution in [2.24, 2.45) is 5.84 Å². The molecule has 21 heavy (non-hydrogen) atoms. The minimum atomic E-state index is -0.661. The first-order valence-corrected chi connectivity index (χ1v) is 6.12. The molecule has 0 aliphatic heterocycles. The van der Waals surface area contributed by atoms with Crippen molar-refractivity contribution in [2.75, 3.05) is 0 Å². The number of carbonyl (C=O) groups excluding carboxylic acids is 1. The number of carbonyl (C=O) groups is 1. The maximum atomic E-state index is 12.4.